The van der Waals surface area contributed by atoms with Crippen molar-refractivity contribution in [1.82, 2.24) is 0 Å². The normalized spacial score (nSPS) is 19.2. The fraction of sp³-hybridized carbons (Fsp3) is 0.412. The van der Waals surface area contributed by atoms with Crippen molar-refractivity contribution in [3.8, 4) is 0 Å². The van der Waals surface area contributed by atoms with Crippen LogP contribution in [0.25, 0.3) is 0 Å². The zero-order valence-corrected chi connectivity index (χ0v) is 12.2. The highest BCUT2D eigenvalue weighted by Crippen LogP contribution is 2.25. The minimum Gasteiger partial charge on any atom is -0.381 e. The number of aliphatic hydroxyl groups is 1. The zero-order valence-electron chi connectivity index (χ0n) is 11.4. The maximum Gasteiger partial charge on any atom is 0.105 e. The Kier molecular flexibility index (Phi) is 4.84. The Balaban J connectivity index is 1.99. The fourth-order valence-electron chi connectivity index (χ4n) is 2.41. The Morgan fingerprint density at radius 2 is 2.00 bits per heavy atom. The molecule has 1 N–H and O–H groups in total. The summed E-state index contributed by atoms with van der Waals surface area (Å²) in [7, 11) is 0. The summed E-state index contributed by atoms with van der Waals surface area (Å²) < 4.78 is 0. The second-order valence-electron chi connectivity index (χ2n) is 5.37. The summed E-state index contributed by atoms with van der Waals surface area (Å²) in [6, 6.07) is 7.35. The standard InChI is InChI=1S/C17H21ClO/c1-17(19,15-9-11-16(18)12-10-15)13-5-8-14-6-3-2-4-7-14/h5-6,9-13,19H,2-4,7-8H2,1H3/b13-5+. The van der Waals surface area contributed by atoms with Crippen molar-refractivity contribution in [2.24, 2.45) is 0 Å². The minimum absolute atomic E-state index is 0.691. The average Bonchev–Trinajstić information content (AvgIpc) is 2.40. The van der Waals surface area contributed by atoms with E-state index in [0.29, 0.717) is 5.02 Å². The molecule has 0 bridgehead atoms. The lowest BCUT2D eigenvalue weighted by Crippen LogP contribution is -2.17. The first kappa shape index (κ1) is 14.4. The van der Waals surface area contributed by atoms with Crippen LogP contribution in [0.5, 0.6) is 0 Å². The van der Waals surface area contributed by atoms with Gasteiger partial charge in [0.05, 0.1) is 0 Å². The number of rotatable bonds is 4. The number of allylic oxidation sites excluding steroid dienone is 3. The fourth-order valence-corrected chi connectivity index (χ4v) is 2.54. The van der Waals surface area contributed by atoms with Gasteiger partial charge in [-0.05, 0) is 56.7 Å². The lowest BCUT2D eigenvalue weighted by molar-refractivity contribution is 0.111. The van der Waals surface area contributed by atoms with Crippen LogP contribution in [0.4, 0.5) is 0 Å². The number of hydrogen-bond donors (Lipinski definition) is 1. The molecule has 0 saturated heterocycles. The van der Waals surface area contributed by atoms with Crippen LogP contribution in [0.15, 0.2) is 48.1 Å². The van der Waals surface area contributed by atoms with Crippen LogP contribution in [0, 0.1) is 0 Å². The molecular formula is C17H21ClO. The monoisotopic (exact) mass is 276 g/mol. The second-order valence-corrected chi connectivity index (χ2v) is 5.81. The molecule has 102 valence electrons. The van der Waals surface area contributed by atoms with Gasteiger partial charge in [0.2, 0.25) is 0 Å². The number of hydrogen-bond acceptors (Lipinski definition) is 1. The summed E-state index contributed by atoms with van der Waals surface area (Å²) in [5.74, 6) is 0. The number of benzene rings is 1. The van der Waals surface area contributed by atoms with Crippen LogP contribution in [-0.2, 0) is 5.60 Å². The van der Waals surface area contributed by atoms with Crippen molar-refractivity contribution < 1.29 is 5.11 Å². The van der Waals surface area contributed by atoms with Gasteiger partial charge in [-0.15, -0.1) is 0 Å². The molecule has 0 fully saturated rings. The SMILES string of the molecule is CC(O)(/C=C/CC1=CCCCC1)c1ccc(Cl)cc1. The van der Waals surface area contributed by atoms with Gasteiger partial charge in [-0.3, -0.25) is 0 Å². The first-order chi connectivity index (χ1) is 9.08. The zero-order chi connectivity index (χ0) is 13.7. The van der Waals surface area contributed by atoms with Crippen molar-refractivity contribution in [3.63, 3.8) is 0 Å². The third-order valence-electron chi connectivity index (χ3n) is 3.64. The van der Waals surface area contributed by atoms with E-state index in [0.717, 1.165) is 12.0 Å². The molecule has 19 heavy (non-hydrogen) atoms. The Hall–Kier alpha value is -1.05. The third kappa shape index (κ3) is 4.22. The van der Waals surface area contributed by atoms with Crippen molar-refractivity contribution in [3.05, 3.63) is 58.7 Å². The molecule has 0 aliphatic heterocycles. The molecule has 1 unspecified atom stereocenters. The van der Waals surface area contributed by atoms with Gasteiger partial charge in [-0.2, -0.15) is 0 Å². The molecule has 2 heteroatoms. The van der Waals surface area contributed by atoms with Crippen molar-refractivity contribution in [1.29, 1.82) is 0 Å². The van der Waals surface area contributed by atoms with Crippen molar-refractivity contribution in [2.75, 3.05) is 0 Å². The molecule has 1 aliphatic rings. The summed E-state index contributed by atoms with van der Waals surface area (Å²) in [5, 5.41) is 11.1. The molecule has 1 aromatic rings. The topological polar surface area (TPSA) is 20.2 Å². The molecule has 0 amide bonds. The van der Waals surface area contributed by atoms with Gasteiger partial charge < -0.3 is 5.11 Å². The predicted molar refractivity (Wildman–Crippen MR) is 81.3 cm³/mol. The van der Waals surface area contributed by atoms with Crippen LogP contribution < -0.4 is 0 Å². The molecule has 0 spiro atoms. The molecule has 0 heterocycles. The highest BCUT2D eigenvalue weighted by molar-refractivity contribution is 6.30. The van der Waals surface area contributed by atoms with Crippen molar-refractivity contribution in [2.45, 2.75) is 44.6 Å². The second kappa shape index (κ2) is 6.40. The number of halogens is 1. The predicted octanol–water partition coefficient (Wildman–Crippen LogP) is 4.99. The third-order valence-corrected chi connectivity index (χ3v) is 3.89. The van der Waals surface area contributed by atoms with Crippen LogP contribution >= 0.6 is 11.6 Å². The molecular weight excluding hydrogens is 256 g/mol. The maximum absolute atomic E-state index is 10.5. The molecule has 0 radical (unpaired) electrons. The molecule has 0 aromatic heterocycles. The summed E-state index contributed by atoms with van der Waals surface area (Å²) in [5.41, 5.74) is 1.43. The van der Waals surface area contributed by atoms with Gasteiger partial charge in [0.15, 0.2) is 0 Å². The maximum atomic E-state index is 10.5. The van der Waals surface area contributed by atoms with Gasteiger partial charge in [0.1, 0.15) is 5.60 Å². The molecule has 0 saturated carbocycles. The lowest BCUT2D eigenvalue weighted by Gasteiger charge is -2.20. The minimum atomic E-state index is -0.931. The molecule has 2 rings (SSSR count). The summed E-state index contributed by atoms with van der Waals surface area (Å²) in [4.78, 5) is 0. The van der Waals surface area contributed by atoms with Crippen LogP contribution in [0.1, 0.15) is 44.6 Å². The van der Waals surface area contributed by atoms with E-state index in [2.05, 4.69) is 12.2 Å². The average molecular weight is 277 g/mol. The molecule has 1 aliphatic carbocycles. The van der Waals surface area contributed by atoms with Gasteiger partial charge in [-0.25, -0.2) is 0 Å². The van der Waals surface area contributed by atoms with Gasteiger partial charge in [0, 0.05) is 5.02 Å². The van der Waals surface area contributed by atoms with Gasteiger partial charge in [0.25, 0.3) is 0 Å². The summed E-state index contributed by atoms with van der Waals surface area (Å²) in [6.45, 7) is 1.81. The van der Waals surface area contributed by atoms with Crippen LogP contribution in [0.3, 0.4) is 0 Å². The smallest absolute Gasteiger partial charge is 0.105 e. The van der Waals surface area contributed by atoms with E-state index in [1.165, 1.54) is 31.3 Å². The van der Waals surface area contributed by atoms with Crippen molar-refractivity contribution >= 4 is 11.6 Å². The van der Waals surface area contributed by atoms with E-state index < -0.39 is 5.60 Å². The highest BCUT2D eigenvalue weighted by atomic mass is 35.5. The highest BCUT2D eigenvalue weighted by Gasteiger charge is 2.18. The van der Waals surface area contributed by atoms with Crippen LogP contribution in [0.2, 0.25) is 5.02 Å². The Bertz CT molecular complexity index is 469. The first-order valence-electron chi connectivity index (χ1n) is 6.92. The molecule has 1 atom stereocenters. The Morgan fingerprint density at radius 3 is 2.63 bits per heavy atom. The van der Waals surface area contributed by atoms with E-state index >= 15 is 0 Å². The van der Waals surface area contributed by atoms with Gasteiger partial charge >= 0.3 is 0 Å². The van der Waals surface area contributed by atoms with E-state index in [1.807, 2.05) is 37.3 Å². The molecule has 1 nitrogen and oxygen atoms in total. The Labute approximate surface area is 120 Å². The van der Waals surface area contributed by atoms with Gasteiger partial charge in [-0.1, -0.05) is 47.5 Å². The largest absolute Gasteiger partial charge is 0.381 e. The lowest BCUT2D eigenvalue weighted by atomic mass is 9.93. The van der Waals surface area contributed by atoms with E-state index in [4.69, 9.17) is 11.6 Å². The van der Waals surface area contributed by atoms with Crippen LogP contribution in [-0.4, -0.2) is 5.11 Å². The van der Waals surface area contributed by atoms with E-state index in [1.54, 1.807) is 0 Å². The van der Waals surface area contributed by atoms with E-state index in [-0.39, 0.29) is 0 Å². The Morgan fingerprint density at radius 1 is 1.26 bits per heavy atom. The summed E-state index contributed by atoms with van der Waals surface area (Å²) in [6.07, 6.45) is 12.3. The first-order valence-corrected chi connectivity index (χ1v) is 7.30. The quantitative estimate of drug-likeness (QED) is 0.768. The molecule has 1 aromatic carbocycles. The van der Waals surface area contributed by atoms with E-state index in [9.17, 15) is 5.11 Å². The summed E-state index contributed by atoms with van der Waals surface area (Å²) >= 11 is 5.86.